The molecule has 2 aromatic heterocycles. The fourth-order valence-corrected chi connectivity index (χ4v) is 9.58. The van der Waals surface area contributed by atoms with Crippen LogP contribution in [0.2, 0.25) is 0 Å². The second-order valence-corrected chi connectivity index (χ2v) is 17.6. The minimum absolute atomic E-state index is 0.414. The van der Waals surface area contributed by atoms with Gasteiger partial charge in [-0.2, -0.15) is 0 Å². The van der Waals surface area contributed by atoms with Crippen molar-refractivity contribution in [2.45, 2.75) is 38.5 Å². The Labute approximate surface area is 393 Å². The summed E-state index contributed by atoms with van der Waals surface area (Å²) >= 11 is 0. The van der Waals surface area contributed by atoms with Crippen molar-refractivity contribution >= 4 is 39.3 Å². The number of hydrogen-bond acceptors (Lipinski definition) is 4. The Morgan fingerprint density at radius 3 is 2.06 bits per heavy atom. The standard InChI is InChI=1S/C63H51N3O/c1-6-17-44(18-7-1)39-40-64-58(50-33-29-47(30-34-50)45-19-8-2-9-20-45)38-37-53-41-54(42-57-56-28-16-27-55(62(56)67-61(53)57)49-23-12-4-13-24-49)60-43-59(65-63(66-60)52-25-14-5-15-26-52)51-35-31-48(32-36-51)46-21-10-3-11-22-46/h1-8,10,12-19,21,23-29,31-38,41-43,47H,9,11,20,22,30,39-40H2/b38-37+,64-58?. The second kappa shape index (κ2) is 19.3. The molecule has 4 nitrogen and oxygen atoms in total. The summed E-state index contributed by atoms with van der Waals surface area (Å²) in [4.78, 5) is 15.8. The molecule has 0 saturated heterocycles. The van der Waals surface area contributed by atoms with Crippen molar-refractivity contribution in [2.24, 2.45) is 10.9 Å². The maximum Gasteiger partial charge on any atom is 0.160 e. The van der Waals surface area contributed by atoms with Gasteiger partial charge in [-0.15, -0.1) is 0 Å². The lowest BCUT2D eigenvalue weighted by Crippen LogP contribution is -2.09. The maximum absolute atomic E-state index is 7.03. The maximum atomic E-state index is 7.03. The molecule has 1 atom stereocenters. The summed E-state index contributed by atoms with van der Waals surface area (Å²) in [5.74, 6) is 1.09. The van der Waals surface area contributed by atoms with Crippen molar-refractivity contribution in [1.82, 2.24) is 9.97 Å². The molecule has 3 aliphatic rings. The van der Waals surface area contributed by atoms with Gasteiger partial charge < -0.3 is 4.42 Å². The van der Waals surface area contributed by atoms with Crippen LogP contribution in [0.25, 0.3) is 78.6 Å². The van der Waals surface area contributed by atoms with Crippen LogP contribution < -0.4 is 0 Å². The van der Waals surface area contributed by atoms with Crippen molar-refractivity contribution < 1.29 is 4.42 Å². The van der Waals surface area contributed by atoms with E-state index in [9.17, 15) is 0 Å². The number of hydrogen-bond donors (Lipinski definition) is 0. The van der Waals surface area contributed by atoms with Gasteiger partial charge in [-0.25, -0.2) is 9.97 Å². The molecule has 0 spiro atoms. The number of furan rings is 1. The molecule has 3 aliphatic carbocycles. The molecule has 6 aromatic carbocycles. The summed E-state index contributed by atoms with van der Waals surface area (Å²) in [6, 6.07) is 53.3. The summed E-state index contributed by atoms with van der Waals surface area (Å²) < 4.78 is 7.03. The number of aliphatic imine (C=N–C) groups is 1. The van der Waals surface area contributed by atoms with Crippen LogP contribution >= 0.6 is 0 Å². The van der Waals surface area contributed by atoms with E-state index in [1.54, 1.807) is 0 Å². The number of aromatic nitrogens is 2. The third kappa shape index (κ3) is 9.17. The Morgan fingerprint density at radius 2 is 1.34 bits per heavy atom. The lowest BCUT2D eigenvalue weighted by Gasteiger charge is -2.21. The zero-order valence-corrected chi connectivity index (χ0v) is 37.6. The largest absolute Gasteiger partial charge is 0.455 e. The summed E-state index contributed by atoms with van der Waals surface area (Å²) in [7, 11) is 0. The monoisotopic (exact) mass is 865 g/mol. The highest BCUT2D eigenvalue weighted by atomic mass is 16.3. The molecular weight excluding hydrogens is 815 g/mol. The molecule has 0 amide bonds. The lowest BCUT2D eigenvalue weighted by molar-refractivity contribution is 0.669. The highest BCUT2D eigenvalue weighted by molar-refractivity contribution is 6.15. The zero-order valence-electron chi connectivity index (χ0n) is 37.6. The van der Waals surface area contributed by atoms with E-state index in [4.69, 9.17) is 19.4 Å². The second-order valence-electron chi connectivity index (χ2n) is 17.6. The Kier molecular flexibility index (Phi) is 12.0. The van der Waals surface area contributed by atoms with Gasteiger partial charge in [0.2, 0.25) is 0 Å². The van der Waals surface area contributed by atoms with Crippen LogP contribution in [-0.2, 0) is 6.42 Å². The predicted octanol–water partition coefficient (Wildman–Crippen LogP) is 16.3. The molecule has 1 unspecified atom stereocenters. The van der Waals surface area contributed by atoms with Gasteiger partial charge in [0.1, 0.15) is 11.2 Å². The number of rotatable bonds is 12. The van der Waals surface area contributed by atoms with Crippen molar-refractivity contribution in [2.75, 3.05) is 6.54 Å². The summed E-state index contributed by atoms with van der Waals surface area (Å²) in [6.45, 7) is 0.677. The van der Waals surface area contributed by atoms with E-state index < -0.39 is 0 Å². The zero-order chi connectivity index (χ0) is 44.8. The van der Waals surface area contributed by atoms with Crippen LogP contribution in [0.4, 0.5) is 0 Å². The van der Waals surface area contributed by atoms with E-state index in [-0.39, 0.29) is 0 Å². The minimum atomic E-state index is 0.414. The lowest BCUT2D eigenvalue weighted by atomic mass is 9.85. The normalized spacial score (nSPS) is 16.1. The van der Waals surface area contributed by atoms with Crippen LogP contribution in [-0.4, -0.2) is 22.2 Å². The molecular formula is C63H51N3O. The molecule has 4 heteroatoms. The quantitative estimate of drug-likeness (QED) is 0.115. The number of nitrogens with zero attached hydrogens (tertiary/aromatic N) is 3. The predicted molar refractivity (Wildman–Crippen MR) is 281 cm³/mol. The molecule has 67 heavy (non-hydrogen) atoms. The average molecular weight is 866 g/mol. The van der Waals surface area contributed by atoms with Gasteiger partial charge in [0.15, 0.2) is 5.82 Å². The molecule has 0 radical (unpaired) electrons. The first-order valence-electron chi connectivity index (χ1n) is 23.7. The highest BCUT2D eigenvalue weighted by Crippen LogP contribution is 2.41. The Balaban J connectivity index is 1.05. The van der Waals surface area contributed by atoms with E-state index in [1.807, 2.05) is 18.2 Å². The van der Waals surface area contributed by atoms with E-state index >= 15 is 0 Å². The SMILES string of the molecule is C1=CCCC(c2ccc(-c3cc(-c4cc(/C=C/C(=NCCc5ccccc5)C5=CCC(C6=CC=CCC6)C=C5)c5oc6c(-c7ccccc7)cccc6c5c4)nc(-c4ccccc4)n3)cc2)=C1. The van der Waals surface area contributed by atoms with Crippen LogP contribution in [0.1, 0.15) is 48.8 Å². The summed E-state index contributed by atoms with van der Waals surface area (Å²) in [6.07, 6.45) is 31.0. The Morgan fingerprint density at radius 1 is 0.627 bits per heavy atom. The molecule has 0 fully saturated rings. The van der Waals surface area contributed by atoms with Crippen LogP contribution in [0.15, 0.2) is 233 Å². The minimum Gasteiger partial charge on any atom is -0.455 e. The topological polar surface area (TPSA) is 51.3 Å². The molecule has 324 valence electrons. The first-order valence-corrected chi connectivity index (χ1v) is 23.7. The molecule has 0 aliphatic heterocycles. The number of allylic oxidation sites excluding steroid dienone is 13. The first-order chi connectivity index (χ1) is 33.2. The highest BCUT2D eigenvalue weighted by Gasteiger charge is 2.20. The molecule has 2 heterocycles. The van der Waals surface area contributed by atoms with Gasteiger partial charge in [-0.05, 0) is 96.7 Å². The number of fused-ring (bicyclic) bond motifs is 3. The van der Waals surface area contributed by atoms with Gasteiger partial charge in [0.25, 0.3) is 0 Å². The molecule has 0 saturated carbocycles. The van der Waals surface area contributed by atoms with E-state index in [1.165, 1.54) is 22.3 Å². The fraction of sp³-hybridized carbons (Fsp3) is 0.127. The summed E-state index contributed by atoms with van der Waals surface area (Å²) in [5, 5.41) is 2.09. The summed E-state index contributed by atoms with van der Waals surface area (Å²) in [5.41, 5.74) is 17.0. The van der Waals surface area contributed by atoms with Crippen molar-refractivity contribution in [3.05, 3.63) is 240 Å². The van der Waals surface area contributed by atoms with E-state index in [0.29, 0.717) is 18.3 Å². The third-order valence-corrected chi connectivity index (χ3v) is 13.2. The van der Waals surface area contributed by atoms with Crippen molar-refractivity contribution in [1.29, 1.82) is 0 Å². The van der Waals surface area contributed by atoms with Gasteiger partial charge in [-0.3, -0.25) is 4.99 Å². The first kappa shape index (κ1) is 41.7. The van der Waals surface area contributed by atoms with E-state index in [0.717, 1.165) is 117 Å². The smallest absolute Gasteiger partial charge is 0.160 e. The van der Waals surface area contributed by atoms with Gasteiger partial charge in [-0.1, -0.05) is 194 Å². The van der Waals surface area contributed by atoms with E-state index in [2.05, 4.69) is 200 Å². The molecule has 0 N–H and O–H groups in total. The van der Waals surface area contributed by atoms with Gasteiger partial charge in [0.05, 0.1) is 17.1 Å². The molecule has 0 bridgehead atoms. The molecule has 11 rings (SSSR count). The van der Waals surface area contributed by atoms with Crippen molar-refractivity contribution in [3.63, 3.8) is 0 Å². The Bertz CT molecular complexity index is 3340. The number of para-hydroxylation sites is 1. The Hall–Kier alpha value is -7.95. The fourth-order valence-electron chi connectivity index (χ4n) is 9.58. The van der Waals surface area contributed by atoms with Gasteiger partial charge >= 0.3 is 0 Å². The molecule has 8 aromatic rings. The average Bonchev–Trinajstić information content (AvgIpc) is 3.80. The van der Waals surface area contributed by atoms with Crippen LogP contribution in [0.3, 0.4) is 0 Å². The van der Waals surface area contributed by atoms with Crippen molar-refractivity contribution in [3.8, 4) is 45.0 Å². The van der Waals surface area contributed by atoms with Crippen LogP contribution in [0, 0.1) is 5.92 Å². The number of benzene rings is 6. The van der Waals surface area contributed by atoms with Crippen LogP contribution in [0.5, 0.6) is 0 Å². The third-order valence-electron chi connectivity index (χ3n) is 13.2. The van der Waals surface area contributed by atoms with Gasteiger partial charge in [0, 0.05) is 51.1 Å².